The Morgan fingerprint density at radius 1 is 1.26 bits per heavy atom. The molecule has 0 atom stereocenters. The zero-order valence-electron chi connectivity index (χ0n) is 10.6. The van der Waals surface area contributed by atoms with E-state index in [2.05, 4.69) is 16.5 Å². The molecule has 4 heteroatoms. The lowest BCUT2D eigenvalue weighted by molar-refractivity contribution is 0.961. The Bertz CT molecular complexity index is 718. The highest BCUT2D eigenvalue weighted by molar-refractivity contribution is 6.31. The molecule has 0 aliphatic rings. The average Bonchev–Trinajstić information content (AvgIpc) is 2.83. The van der Waals surface area contributed by atoms with Gasteiger partial charge in [-0.05, 0) is 36.8 Å². The second kappa shape index (κ2) is 4.94. The Morgan fingerprint density at radius 2 is 2.16 bits per heavy atom. The van der Waals surface area contributed by atoms with Gasteiger partial charge in [-0.15, -0.1) is 0 Å². The number of halogens is 1. The zero-order chi connectivity index (χ0) is 13.2. The summed E-state index contributed by atoms with van der Waals surface area (Å²) in [6, 6.07) is 12.0. The van der Waals surface area contributed by atoms with Gasteiger partial charge in [-0.3, -0.25) is 0 Å². The maximum atomic E-state index is 6.11. The van der Waals surface area contributed by atoms with Gasteiger partial charge in [0, 0.05) is 29.0 Å². The zero-order valence-corrected chi connectivity index (χ0v) is 11.4. The van der Waals surface area contributed by atoms with Crippen LogP contribution in [0.1, 0.15) is 11.1 Å². The maximum absolute atomic E-state index is 6.11. The van der Waals surface area contributed by atoms with E-state index in [1.807, 2.05) is 54.2 Å². The van der Waals surface area contributed by atoms with Gasteiger partial charge < -0.3 is 5.32 Å². The molecule has 96 valence electrons. The largest absolute Gasteiger partial charge is 0.381 e. The van der Waals surface area contributed by atoms with Crippen LogP contribution in [0.15, 0.2) is 48.8 Å². The van der Waals surface area contributed by atoms with Gasteiger partial charge in [0.15, 0.2) is 0 Å². The summed E-state index contributed by atoms with van der Waals surface area (Å²) in [5, 5.41) is 8.46. The fraction of sp³-hybridized carbons (Fsp3) is 0.133. The van der Waals surface area contributed by atoms with Crippen LogP contribution in [0.2, 0.25) is 5.02 Å². The SMILES string of the molecule is Cc1ccc(NCc2cnn3ccccc23)cc1Cl. The number of hydrogen-bond donors (Lipinski definition) is 1. The van der Waals surface area contributed by atoms with Gasteiger partial charge in [-0.1, -0.05) is 23.7 Å². The normalized spacial score (nSPS) is 10.8. The summed E-state index contributed by atoms with van der Waals surface area (Å²) in [7, 11) is 0. The van der Waals surface area contributed by atoms with E-state index in [-0.39, 0.29) is 0 Å². The van der Waals surface area contributed by atoms with Crippen molar-refractivity contribution in [1.82, 2.24) is 9.61 Å². The number of anilines is 1. The molecule has 3 nitrogen and oxygen atoms in total. The number of benzene rings is 1. The molecule has 2 heterocycles. The number of hydrogen-bond acceptors (Lipinski definition) is 2. The van der Waals surface area contributed by atoms with Crippen molar-refractivity contribution in [1.29, 1.82) is 0 Å². The smallest absolute Gasteiger partial charge is 0.0711 e. The van der Waals surface area contributed by atoms with E-state index in [0.29, 0.717) is 0 Å². The van der Waals surface area contributed by atoms with Gasteiger partial charge in [-0.2, -0.15) is 5.10 Å². The summed E-state index contributed by atoms with van der Waals surface area (Å²) in [4.78, 5) is 0. The second-order valence-corrected chi connectivity index (χ2v) is 4.92. The molecule has 0 fully saturated rings. The molecule has 0 amide bonds. The molecule has 1 aromatic carbocycles. The molecule has 0 saturated carbocycles. The van der Waals surface area contributed by atoms with Crippen molar-refractivity contribution in [2.45, 2.75) is 13.5 Å². The number of rotatable bonds is 3. The molecular formula is C15H14ClN3. The van der Waals surface area contributed by atoms with E-state index < -0.39 is 0 Å². The summed E-state index contributed by atoms with van der Waals surface area (Å²) < 4.78 is 1.87. The van der Waals surface area contributed by atoms with Gasteiger partial charge in [0.25, 0.3) is 0 Å². The Kier molecular flexibility index (Phi) is 3.13. The van der Waals surface area contributed by atoms with Crippen LogP contribution in [0.4, 0.5) is 5.69 Å². The van der Waals surface area contributed by atoms with Crippen LogP contribution < -0.4 is 5.32 Å². The molecule has 0 saturated heterocycles. The topological polar surface area (TPSA) is 29.3 Å². The molecule has 19 heavy (non-hydrogen) atoms. The first-order chi connectivity index (χ1) is 9.24. The van der Waals surface area contributed by atoms with Gasteiger partial charge in [0.2, 0.25) is 0 Å². The molecule has 1 N–H and O–H groups in total. The summed E-state index contributed by atoms with van der Waals surface area (Å²) in [5.41, 5.74) is 4.39. The molecule has 0 radical (unpaired) electrons. The molecule has 0 spiro atoms. The Balaban J connectivity index is 1.80. The third-order valence-electron chi connectivity index (χ3n) is 3.16. The third kappa shape index (κ3) is 2.42. The number of pyridine rings is 1. The Hall–Kier alpha value is -2.00. The van der Waals surface area contributed by atoms with E-state index in [1.165, 1.54) is 0 Å². The van der Waals surface area contributed by atoms with Crippen molar-refractivity contribution in [2.24, 2.45) is 0 Å². The highest BCUT2D eigenvalue weighted by atomic mass is 35.5. The van der Waals surface area contributed by atoms with Crippen LogP contribution in [-0.2, 0) is 6.54 Å². The van der Waals surface area contributed by atoms with Crippen molar-refractivity contribution in [3.8, 4) is 0 Å². The van der Waals surface area contributed by atoms with E-state index in [1.54, 1.807) is 0 Å². The first-order valence-corrected chi connectivity index (χ1v) is 6.53. The predicted molar refractivity (Wildman–Crippen MR) is 78.7 cm³/mol. The Morgan fingerprint density at radius 3 is 3.00 bits per heavy atom. The average molecular weight is 272 g/mol. The molecule has 2 aromatic heterocycles. The summed E-state index contributed by atoms with van der Waals surface area (Å²) in [5.74, 6) is 0. The number of fused-ring (bicyclic) bond motifs is 1. The molecule has 0 aliphatic carbocycles. The maximum Gasteiger partial charge on any atom is 0.0711 e. The molecule has 3 aromatic rings. The fourth-order valence-electron chi connectivity index (χ4n) is 2.02. The fourth-order valence-corrected chi connectivity index (χ4v) is 2.20. The van der Waals surface area contributed by atoms with Crippen molar-refractivity contribution in [3.05, 3.63) is 64.9 Å². The van der Waals surface area contributed by atoms with Crippen LogP contribution in [0.3, 0.4) is 0 Å². The monoisotopic (exact) mass is 271 g/mol. The first-order valence-electron chi connectivity index (χ1n) is 6.15. The van der Waals surface area contributed by atoms with Crippen LogP contribution in [0, 0.1) is 6.92 Å². The Labute approximate surface area is 116 Å². The summed E-state index contributed by atoms with van der Waals surface area (Å²) >= 11 is 6.11. The van der Waals surface area contributed by atoms with Gasteiger partial charge in [-0.25, -0.2) is 4.52 Å². The van der Waals surface area contributed by atoms with Crippen molar-refractivity contribution >= 4 is 22.8 Å². The van der Waals surface area contributed by atoms with Crippen LogP contribution >= 0.6 is 11.6 Å². The van der Waals surface area contributed by atoms with E-state index >= 15 is 0 Å². The first kappa shape index (κ1) is 12.1. The highest BCUT2D eigenvalue weighted by Crippen LogP contribution is 2.21. The minimum atomic E-state index is 0.729. The van der Waals surface area contributed by atoms with Gasteiger partial charge >= 0.3 is 0 Å². The molecule has 0 unspecified atom stereocenters. The van der Waals surface area contributed by atoms with E-state index in [0.717, 1.165) is 33.9 Å². The molecule has 3 rings (SSSR count). The lowest BCUT2D eigenvalue weighted by Crippen LogP contribution is -1.99. The highest BCUT2D eigenvalue weighted by Gasteiger charge is 2.03. The number of aromatic nitrogens is 2. The predicted octanol–water partition coefficient (Wildman–Crippen LogP) is 3.91. The number of nitrogens with one attached hydrogen (secondary N) is 1. The van der Waals surface area contributed by atoms with E-state index in [4.69, 9.17) is 11.6 Å². The standard InChI is InChI=1S/C15H14ClN3/c1-11-5-6-13(8-14(11)16)17-9-12-10-18-19-7-3-2-4-15(12)19/h2-8,10,17H,9H2,1H3. The van der Waals surface area contributed by atoms with Gasteiger partial charge in [0.05, 0.1) is 11.7 Å². The number of nitrogens with zero attached hydrogens (tertiary/aromatic N) is 2. The summed E-state index contributed by atoms with van der Waals surface area (Å²) in [6.07, 6.45) is 3.83. The third-order valence-corrected chi connectivity index (χ3v) is 3.57. The second-order valence-electron chi connectivity index (χ2n) is 4.52. The molecular weight excluding hydrogens is 258 g/mol. The lowest BCUT2D eigenvalue weighted by Gasteiger charge is -2.07. The van der Waals surface area contributed by atoms with Crippen molar-refractivity contribution in [3.63, 3.8) is 0 Å². The van der Waals surface area contributed by atoms with Crippen molar-refractivity contribution < 1.29 is 0 Å². The molecule has 0 bridgehead atoms. The summed E-state index contributed by atoms with van der Waals surface area (Å²) in [6.45, 7) is 2.73. The van der Waals surface area contributed by atoms with Crippen LogP contribution in [-0.4, -0.2) is 9.61 Å². The minimum Gasteiger partial charge on any atom is -0.381 e. The molecule has 0 aliphatic heterocycles. The quantitative estimate of drug-likeness (QED) is 0.783. The van der Waals surface area contributed by atoms with Gasteiger partial charge in [0.1, 0.15) is 0 Å². The number of aryl methyl sites for hydroxylation is 1. The van der Waals surface area contributed by atoms with E-state index in [9.17, 15) is 0 Å². The lowest BCUT2D eigenvalue weighted by atomic mass is 10.2. The van der Waals surface area contributed by atoms with Crippen LogP contribution in [0.5, 0.6) is 0 Å². The minimum absolute atomic E-state index is 0.729. The van der Waals surface area contributed by atoms with Crippen molar-refractivity contribution in [2.75, 3.05) is 5.32 Å². The van der Waals surface area contributed by atoms with Crippen LogP contribution in [0.25, 0.3) is 5.52 Å².